The lowest BCUT2D eigenvalue weighted by Gasteiger charge is -2.36. The van der Waals surface area contributed by atoms with Crippen LogP contribution in [0.2, 0.25) is 0 Å². The van der Waals surface area contributed by atoms with Crippen LogP contribution in [-0.2, 0) is 4.74 Å². The van der Waals surface area contributed by atoms with Crippen molar-refractivity contribution in [3.63, 3.8) is 0 Å². The van der Waals surface area contributed by atoms with Crippen LogP contribution in [-0.4, -0.2) is 50.3 Å². The number of piperidine rings is 1. The van der Waals surface area contributed by atoms with Crippen molar-refractivity contribution in [2.75, 3.05) is 39.4 Å². The first-order valence-electron chi connectivity index (χ1n) is 4.92. The molecule has 2 saturated heterocycles. The standard InChI is InChI=1S/C9H17N2O/c1-3-10-4-2-9(1)11-5-7-12-8-6-11/h9H,1-8H2. The van der Waals surface area contributed by atoms with E-state index >= 15 is 0 Å². The fraction of sp³-hybridized carbons (Fsp3) is 1.00. The van der Waals surface area contributed by atoms with Crippen LogP contribution in [0.1, 0.15) is 12.8 Å². The van der Waals surface area contributed by atoms with Gasteiger partial charge in [-0.3, -0.25) is 4.90 Å². The van der Waals surface area contributed by atoms with E-state index in [0.717, 1.165) is 45.4 Å². The van der Waals surface area contributed by atoms with Gasteiger partial charge in [0, 0.05) is 32.2 Å². The third kappa shape index (κ3) is 1.97. The van der Waals surface area contributed by atoms with E-state index in [4.69, 9.17) is 4.74 Å². The third-order valence-electron chi connectivity index (χ3n) is 2.80. The van der Waals surface area contributed by atoms with Gasteiger partial charge in [0.05, 0.1) is 13.2 Å². The molecule has 2 aliphatic heterocycles. The molecule has 2 aliphatic rings. The zero-order valence-corrected chi connectivity index (χ0v) is 7.54. The average Bonchev–Trinajstić information content (AvgIpc) is 2.21. The average molecular weight is 169 g/mol. The van der Waals surface area contributed by atoms with Crippen LogP contribution >= 0.6 is 0 Å². The molecule has 3 nitrogen and oxygen atoms in total. The van der Waals surface area contributed by atoms with Crippen LogP contribution < -0.4 is 5.32 Å². The summed E-state index contributed by atoms with van der Waals surface area (Å²) in [6.45, 7) is 6.25. The first-order chi connectivity index (χ1) is 5.97. The molecule has 0 aromatic carbocycles. The molecular formula is C9H17N2O. The Labute approximate surface area is 74.1 Å². The van der Waals surface area contributed by atoms with Crippen LogP contribution in [0, 0.1) is 0 Å². The second-order valence-corrected chi connectivity index (χ2v) is 3.55. The first kappa shape index (κ1) is 8.48. The van der Waals surface area contributed by atoms with Gasteiger partial charge in [0.2, 0.25) is 0 Å². The van der Waals surface area contributed by atoms with Gasteiger partial charge in [-0.05, 0) is 12.8 Å². The Morgan fingerprint density at radius 2 is 1.75 bits per heavy atom. The van der Waals surface area contributed by atoms with Crippen LogP contribution in [0.5, 0.6) is 0 Å². The summed E-state index contributed by atoms with van der Waals surface area (Å²) in [5.74, 6) is 0. The van der Waals surface area contributed by atoms with E-state index in [0.29, 0.717) is 0 Å². The molecule has 2 fully saturated rings. The van der Waals surface area contributed by atoms with Gasteiger partial charge in [-0.15, -0.1) is 0 Å². The van der Waals surface area contributed by atoms with Crippen molar-refractivity contribution in [1.29, 1.82) is 0 Å². The SMILES string of the molecule is C1CC(N2CCOCC2)CC[N]1. The summed E-state index contributed by atoms with van der Waals surface area (Å²) < 4.78 is 5.33. The van der Waals surface area contributed by atoms with Gasteiger partial charge in [-0.1, -0.05) is 0 Å². The molecule has 0 saturated carbocycles. The molecule has 0 unspecified atom stereocenters. The number of hydrogen-bond donors (Lipinski definition) is 0. The Balaban J connectivity index is 1.80. The molecule has 0 aromatic heterocycles. The molecule has 0 spiro atoms. The van der Waals surface area contributed by atoms with Crippen LogP contribution in [0.3, 0.4) is 0 Å². The molecule has 0 atom stereocenters. The number of morpholine rings is 1. The second-order valence-electron chi connectivity index (χ2n) is 3.55. The van der Waals surface area contributed by atoms with Gasteiger partial charge in [0.1, 0.15) is 0 Å². The molecule has 12 heavy (non-hydrogen) atoms. The Morgan fingerprint density at radius 3 is 2.42 bits per heavy atom. The van der Waals surface area contributed by atoms with E-state index in [-0.39, 0.29) is 0 Å². The molecule has 2 rings (SSSR count). The molecule has 0 bridgehead atoms. The fourth-order valence-electron chi connectivity index (χ4n) is 2.04. The largest absolute Gasteiger partial charge is 0.379 e. The normalized spacial score (nSPS) is 29.0. The summed E-state index contributed by atoms with van der Waals surface area (Å²) in [4.78, 5) is 2.57. The number of hydrogen-bond acceptors (Lipinski definition) is 2. The summed E-state index contributed by atoms with van der Waals surface area (Å²) in [6.07, 6.45) is 2.53. The predicted octanol–water partition coefficient (Wildman–Crippen LogP) is 0.0854. The lowest BCUT2D eigenvalue weighted by molar-refractivity contribution is 0.00995. The minimum absolute atomic E-state index is 0.798. The van der Waals surface area contributed by atoms with Gasteiger partial charge in [-0.25, -0.2) is 5.32 Å². The minimum atomic E-state index is 0.798. The van der Waals surface area contributed by atoms with Crippen LogP contribution in [0.15, 0.2) is 0 Å². The summed E-state index contributed by atoms with van der Waals surface area (Å²) in [5, 5.41) is 4.36. The topological polar surface area (TPSA) is 26.6 Å². The van der Waals surface area contributed by atoms with Gasteiger partial charge >= 0.3 is 0 Å². The summed E-state index contributed by atoms with van der Waals surface area (Å²) in [7, 11) is 0. The number of nitrogens with zero attached hydrogens (tertiary/aromatic N) is 2. The van der Waals surface area contributed by atoms with Gasteiger partial charge in [0.15, 0.2) is 0 Å². The predicted molar refractivity (Wildman–Crippen MR) is 47.3 cm³/mol. The van der Waals surface area contributed by atoms with E-state index in [1.165, 1.54) is 12.8 Å². The summed E-state index contributed by atoms with van der Waals surface area (Å²) in [5.41, 5.74) is 0. The van der Waals surface area contributed by atoms with Crippen LogP contribution in [0.4, 0.5) is 0 Å². The van der Waals surface area contributed by atoms with E-state index in [1.54, 1.807) is 0 Å². The van der Waals surface area contributed by atoms with E-state index in [2.05, 4.69) is 10.2 Å². The lowest BCUT2D eigenvalue weighted by Crippen LogP contribution is -2.46. The van der Waals surface area contributed by atoms with Crippen LogP contribution in [0.25, 0.3) is 0 Å². The Kier molecular flexibility index (Phi) is 2.98. The van der Waals surface area contributed by atoms with Crippen molar-refractivity contribution in [1.82, 2.24) is 10.2 Å². The Hall–Kier alpha value is -0.120. The third-order valence-corrected chi connectivity index (χ3v) is 2.80. The molecule has 0 N–H and O–H groups in total. The Bertz CT molecular complexity index is 112. The fourth-order valence-corrected chi connectivity index (χ4v) is 2.04. The quantitative estimate of drug-likeness (QED) is 0.556. The monoisotopic (exact) mass is 169 g/mol. The van der Waals surface area contributed by atoms with E-state index < -0.39 is 0 Å². The smallest absolute Gasteiger partial charge is 0.0594 e. The second kappa shape index (κ2) is 4.21. The van der Waals surface area contributed by atoms with E-state index in [1.807, 2.05) is 0 Å². The van der Waals surface area contributed by atoms with Gasteiger partial charge < -0.3 is 4.74 Å². The minimum Gasteiger partial charge on any atom is -0.379 e. The zero-order chi connectivity index (χ0) is 8.23. The summed E-state index contributed by atoms with van der Waals surface area (Å²) >= 11 is 0. The van der Waals surface area contributed by atoms with Crippen molar-refractivity contribution < 1.29 is 4.74 Å². The highest BCUT2D eigenvalue weighted by Crippen LogP contribution is 2.13. The van der Waals surface area contributed by atoms with Gasteiger partial charge in [0.25, 0.3) is 0 Å². The van der Waals surface area contributed by atoms with E-state index in [9.17, 15) is 0 Å². The molecule has 0 aromatic rings. The van der Waals surface area contributed by atoms with Crippen molar-refractivity contribution in [3.8, 4) is 0 Å². The number of ether oxygens (including phenoxy) is 1. The highest BCUT2D eigenvalue weighted by Gasteiger charge is 2.22. The van der Waals surface area contributed by atoms with Crippen molar-refractivity contribution in [2.45, 2.75) is 18.9 Å². The lowest BCUT2D eigenvalue weighted by atomic mass is 10.0. The molecule has 0 amide bonds. The maximum atomic E-state index is 5.33. The number of rotatable bonds is 1. The molecular weight excluding hydrogens is 152 g/mol. The summed E-state index contributed by atoms with van der Waals surface area (Å²) in [6, 6.07) is 0.798. The molecule has 3 heteroatoms. The zero-order valence-electron chi connectivity index (χ0n) is 7.54. The van der Waals surface area contributed by atoms with Crippen molar-refractivity contribution >= 4 is 0 Å². The Morgan fingerprint density at radius 1 is 1.08 bits per heavy atom. The maximum Gasteiger partial charge on any atom is 0.0594 e. The highest BCUT2D eigenvalue weighted by molar-refractivity contribution is 4.78. The highest BCUT2D eigenvalue weighted by atomic mass is 16.5. The van der Waals surface area contributed by atoms with Crippen molar-refractivity contribution in [3.05, 3.63) is 0 Å². The van der Waals surface area contributed by atoms with Gasteiger partial charge in [-0.2, -0.15) is 0 Å². The first-order valence-corrected chi connectivity index (χ1v) is 4.92. The van der Waals surface area contributed by atoms with Crippen molar-refractivity contribution in [2.24, 2.45) is 0 Å². The molecule has 0 aliphatic carbocycles. The molecule has 2 heterocycles. The molecule has 1 radical (unpaired) electrons. The molecule has 69 valence electrons. The maximum absolute atomic E-state index is 5.33.